The molecule has 0 fully saturated rings. The number of nitrogens with zero attached hydrogens (tertiary/aromatic N) is 1. The molecule has 0 saturated carbocycles. The highest BCUT2D eigenvalue weighted by Crippen LogP contribution is 2.29. The maximum atomic E-state index is 6.09. The Morgan fingerprint density at radius 2 is 1.75 bits per heavy atom. The molecule has 0 radical (unpaired) electrons. The van der Waals surface area contributed by atoms with E-state index >= 15 is 0 Å². The minimum atomic E-state index is -1.63. The van der Waals surface area contributed by atoms with Crippen LogP contribution in [-0.4, -0.2) is 13.3 Å². The minimum Gasteiger partial charge on any atom is -0.531 e. The quantitative estimate of drug-likeness (QED) is 0.738. The van der Waals surface area contributed by atoms with Crippen LogP contribution in [0.1, 0.15) is 26.3 Å². The molecule has 0 aliphatic heterocycles. The summed E-state index contributed by atoms with van der Waals surface area (Å²) in [5, 5.41) is 1.24. The first kappa shape index (κ1) is 15.0. The van der Waals surface area contributed by atoms with E-state index in [9.17, 15) is 0 Å². The Bertz CT molecular complexity index is 608. The van der Waals surface area contributed by atoms with Gasteiger partial charge in [-0.3, -0.25) is 0 Å². The molecule has 0 saturated heterocycles. The highest BCUT2D eigenvalue weighted by molar-refractivity contribution is 6.70. The topological polar surface area (TPSA) is 22.1 Å². The monoisotopic (exact) mass is 287 g/mol. The summed E-state index contributed by atoms with van der Waals surface area (Å²) in [6, 6.07) is 10.5. The molecule has 1 aromatic carbocycles. The van der Waals surface area contributed by atoms with E-state index in [-0.39, 0.29) is 5.41 Å². The summed E-state index contributed by atoms with van der Waals surface area (Å²) in [4.78, 5) is 4.66. The molecule has 0 atom stereocenters. The molecule has 108 valence electrons. The molecule has 20 heavy (non-hydrogen) atoms. The zero-order valence-electron chi connectivity index (χ0n) is 13.4. The molecular weight excluding hydrogens is 262 g/mol. The highest BCUT2D eigenvalue weighted by Gasteiger charge is 2.20. The predicted molar refractivity (Wildman–Crippen MR) is 88.9 cm³/mol. The van der Waals surface area contributed by atoms with E-state index in [4.69, 9.17) is 4.43 Å². The van der Waals surface area contributed by atoms with Crippen LogP contribution < -0.4 is 4.43 Å². The molecule has 2 nitrogen and oxygen atoms in total. The minimum absolute atomic E-state index is 0.251. The van der Waals surface area contributed by atoms with Crippen molar-refractivity contribution >= 4 is 19.2 Å². The highest BCUT2D eigenvalue weighted by atomic mass is 28.4. The standard InChI is InChI=1S/C17H25NOSi/c1-17(2,3)12-13-11-16(19-20(4,5)6)18-15-10-8-7-9-14(13)15/h7-11H,12H2,1-6H3. The number of benzene rings is 1. The summed E-state index contributed by atoms with van der Waals surface area (Å²) in [6.45, 7) is 13.4. The number of para-hydroxylation sites is 1. The van der Waals surface area contributed by atoms with Gasteiger partial charge in [0.2, 0.25) is 8.32 Å². The van der Waals surface area contributed by atoms with E-state index in [0.29, 0.717) is 0 Å². The molecule has 2 aromatic rings. The third-order valence-corrected chi connectivity index (χ3v) is 3.73. The number of fused-ring (bicyclic) bond motifs is 1. The van der Waals surface area contributed by atoms with Gasteiger partial charge in [-0.15, -0.1) is 0 Å². The molecule has 0 bridgehead atoms. The lowest BCUT2D eigenvalue weighted by Crippen LogP contribution is -2.29. The molecule has 0 spiro atoms. The largest absolute Gasteiger partial charge is 0.531 e. The van der Waals surface area contributed by atoms with Gasteiger partial charge < -0.3 is 4.43 Å². The van der Waals surface area contributed by atoms with E-state index in [1.807, 2.05) is 6.07 Å². The Morgan fingerprint density at radius 3 is 2.35 bits per heavy atom. The van der Waals surface area contributed by atoms with Crippen LogP contribution in [0, 0.1) is 5.41 Å². The van der Waals surface area contributed by atoms with Crippen molar-refractivity contribution in [1.82, 2.24) is 4.98 Å². The average Bonchev–Trinajstić information content (AvgIpc) is 2.24. The van der Waals surface area contributed by atoms with Crippen molar-refractivity contribution in [2.24, 2.45) is 5.41 Å². The van der Waals surface area contributed by atoms with Gasteiger partial charge in [-0.05, 0) is 43.1 Å². The van der Waals surface area contributed by atoms with Gasteiger partial charge in [-0.25, -0.2) is 4.98 Å². The van der Waals surface area contributed by atoms with Crippen LogP contribution in [0.25, 0.3) is 10.9 Å². The van der Waals surface area contributed by atoms with Gasteiger partial charge in [-0.1, -0.05) is 39.0 Å². The second-order valence-electron chi connectivity index (χ2n) is 7.59. The summed E-state index contributed by atoms with van der Waals surface area (Å²) in [6.07, 6.45) is 1.03. The lowest BCUT2D eigenvalue weighted by atomic mass is 9.87. The van der Waals surface area contributed by atoms with Gasteiger partial charge in [0.1, 0.15) is 0 Å². The van der Waals surface area contributed by atoms with Crippen LogP contribution in [0.4, 0.5) is 0 Å². The van der Waals surface area contributed by atoms with Gasteiger partial charge in [-0.2, -0.15) is 0 Å². The van der Waals surface area contributed by atoms with Gasteiger partial charge in [0.05, 0.1) is 5.52 Å². The normalized spacial score (nSPS) is 12.7. The zero-order chi connectivity index (χ0) is 15.0. The van der Waals surface area contributed by atoms with Crippen molar-refractivity contribution in [3.8, 4) is 5.88 Å². The Kier molecular flexibility index (Phi) is 3.92. The molecule has 0 aliphatic rings. The molecule has 3 heteroatoms. The van der Waals surface area contributed by atoms with Crippen LogP contribution in [0.5, 0.6) is 5.88 Å². The van der Waals surface area contributed by atoms with Crippen molar-refractivity contribution in [3.05, 3.63) is 35.9 Å². The van der Waals surface area contributed by atoms with Crippen LogP contribution in [0.3, 0.4) is 0 Å². The van der Waals surface area contributed by atoms with E-state index in [1.165, 1.54) is 10.9 Å². The molecule has 0 N–H and O–H groups in total. The molecular formula is C17H25NOSi. The smallest absolute Gasteiger partial charge is 0.244 e. The first-order chi connectivity index (χ1) is 9.14. The maximum Gasteiger partial charge on any atom is 0.244 e. The van der Waals surface area contributed by atoms with Crippen LogP contribution in [-0.2, 0) is 6.42 Å². The summed E-state index contributed by atoms with van der Waals surface area (Å²) >= 11 is 0. The Hall–Kier alpha value is -1.35. The fourth-order valence-electron chi connectivity index (χ4n) is 2.30. The van der Waals surface area contributed by atoms with E-state index < -0.39 is 8.32 Å². The lowest BCUT2D eigenvalue weighted by molar-refractivity contribution is 0.411. The Labute approximate surface area is 123 Å². The number of pyridine rings is 1. The molecule has 2 rings (SSSR count). The fourth-order valence-corrected chi connectivity index (χ4v) is 3.04. The van der Waals surface area contributed by atoms with E-state index in [0.717, 1.165) is 17.8 Å². The first-order valence-electron chi connectivity index (χ1n) is 7.22. The predicted octanol–water partition coefficient (Wildman–Crippen LogP) is 5.04. The second-order valence-corrected chi connectivity index (χ2v) is 12.0. The molecule has 0 unspecified atom stereocenters. The van der Waals surface area contributed by atoms with Crippen molar-refractivity contribution in [1.29, 1.82) is 0 Å². The average molecular weight is 287 g/mol. The Balaban J connectivity index is 2.52. The maximum absolute atomic E-state index is 6.09. The lowest BCUT2D eigenvalue weighted by Gasteiger charge is -2.22. The van der Waals surface area contributed by atoms with Gasteiger partial charge >= 0.3 is 0 Å². The number of aromatic nitrogens is 1. The third-order valence-electron chi connectivity index (χ3n) is 2.91. The summed E-state index contributed by atoms with van der Waals surface area (Å²) in [5.74, 6) is 0.780. The summed E-state index contributed by atoms with van der Waals surface area (Å²) in [7, 11) is -1.63. The molecule has 1 aromatic heterocycles. The van der Waals surface area contributed by atoms with Gasteiger partial charge in [0, 0.05) is 11.5 Å². The number of hydrogen-bond acceptors (Lipinski definition) is 2. The molecule has 1 heterocycles. The molecule has 0 amide bonds. The van der Waals surface area contributed by atoms with Crippen molar-refractivity contribution in [2.75, 3.05) is 0 Å². The molecule has 0 aliphatic carbocycles. The van der Waals surface area contributed by atoms with Crippen LogP contribution >= 0.6 is 0 Å². The van der Waals surface area contributed by atoms with Crippen molar-refractivity contribution in [2.45, 2.75) is 46.8 Å². The van der Waals surface area contributed by atoms with E-state index in [2.05, 4.69) is 69.7 Å². The van der Waals surface area contributed by atoms with E-state index in [1.54, 1.807) is 0 Å². The second kappa shape index (κ2) is 5.21. The van der Waals surface area contributed by atoms with Crippen LogP contribution in [0.2, 0.25) is 19.6 Å². The number of hydrogen-bond donors (Lipinski definition) is 0. The zero-order valence-corrected chi connectivity index (χ0v) is 14.4. The van der Waals surface area contributed by atoms with Crippen LogP contribution in [0.15, 0.2) is 30.3 Å². The Morgan fingerprint density at radius 1 is 1.10 bits per heavy atom. The third kappa shape index (κ3) is 4.07. The fraction of sp³-hybridized carbons (Fsp3) is 0.471. The van der Waals surface area contributed by atoms with Gasteiger partial charge in [0.15, 0.2) is 5.88 Å². The number of rotatable bonds is 3. The first-order valence-corrected chi connectivity index (χ1v) is 10.6. The van der Waals surface area contributed by atoms with Gasteiger partial charge in [0.25, 0.3) is 0 Å². The summed E-state index contributed by atoms with van der Waals surface area (Å²) in [5.41, 5.74) is 2.61. The van der Waals surface area contributed by atoms with Crippen molar-refractivity contribution < 1.29 is 4.43 Å². The van der Waals surface area contributed by atoms with Crippen molar-refractivity contribution in [3.63, 3.8) is 0 Å². The summed E-state index contributed by atoms with van der Waals surface area (Å²) < 4.78 is 6.09. The SMILES string of the molecule is CC(C)(C)Cc1cc(O[Si](C)(C)C)nc2ccccc12.